The molecule has 0 amide bonds. The standard InChI is InChI=1S/C17H17N5O2/c1-23-10-7-8-14(24-2)11(9-10)15-20-16(18)21-17-19-12-5-3-4-6-13(12)22(15)17/h3-9,15H,1-2H3,(H3,18,19,20,21)/p+1/t15-/m1/s1. The van der Waals surface area contributed by atoms with Gasteiger partial charge in [-0.25, -0.2) is 14.9 Å². The zero-order valence-corrected chi connectivity index (χ0v) is 13.4. The maximum atomic E-state index is 5.99. The highest BCUT2D eigenvalue weighted by molar-refractivity contribution is 5.92. The van der Waals surface area contributed by atoms with Crippen LogP contribution in [0.25, 0.3) is 11.0 Å². The van der Waals surface area contributed by atoms with Crippen molar-refractivity contribution in [1.29, 1.82) is 0 Å². The molecule has 0 aliphatic carbocycles. The Labute approximate surface area is 138 Å². The maximum Gasteiger partial charge on any atom is 0.365 e. The molecule has 1 aliphatic rings. The molecule has 1 atom stereocenters. The van der Waals surface area contributed by atoms with Crippen LogP contribution in [-0.2, 0) is 0 Å². The van der Waals surface area contributed by atoms with Crippen LogP contribution in [0, 0.1) is 0 Å². The van der Waals surface area contributed by atoms with Crippen LogP contribution in [0.3, 0.4) is 0 Å². The maximum absolute atomic E-state index is 5.99. The number of aromatic amines is 1. The van der Waals surface area contributed by atoms with Gasteiger partial charge in [0.25, 0.3) is 5.96 Å². The molecule has 122 valence electrons. The largest absolute Gasteiger partial charge is 0.497 e. The highest BCUT2D eigenvalue weighted by atomic mass is 16.5. The van der Waals surface area contributed by atoms with Crippen molar-refractivity contribution in [3.8, 4) is 11.5 Å². The lowest BCUT2D eigenvalue weighted by Gasteiger charge is -2.20. The summed E-state index contributed by atoms with van der Waals surface area (Å²) in [7, 11) is 3.27. The molecule has 24 heavy (non-hydrogen) atoms. The number of H-pyrrole nitrogens is 1. The Morgan fingerprint density at radius 2 is 1.96 bits per heavy atom. The van der Waals surface area contributed by atoms with E-state index in [1.54, 1.807) is 14.2 Å². The number of nitrogens with zero attached hydrogens (tertiary/aromatic N) is 2. The third-order valence-corrected chi connectivity index (χ3v) is 4.13. The minimum atomic E-state index is -0.359. The average molecular weight is 324 g/mol. The van der Waals surface area contributed by atoms with Gasteiger partial charge in [0.15, 0.2) is 0 Å². The van der Waals surface area contributed by atoms with Gasteiger partial charge in [-0.2, -0.15) is 4.99 Å². The highest BCUT2D eigenvalue weighted by Gasteiger charge is 2.33. The quantitative estimate of drug-likeness (QED) is 0.641. The normalized spacial score (nSPS) is 16.2. The van der Waals surface area contributed by atoms with E-state index in [-0.39, 0.29) is 6.17 Å². The topological polar surface area (TPSA) is 88.5 Å². The van der Waals surface area contributed by atoms with Gasteiger partial charge in [-0.05, 0) is 30.3 Å². The Kier molecular flexibility index (Phi) is 3.26. The molecular formula is C17H18N5O2+. The Morgan fingerprint density at radius 3 is 2.75 bits per heavy atom. The number of nitrogens with two attached hydrogens (primary N) is 1. The summed E-state index contributed by atoms with van der Waals surface area (Å²) in [5.41, 5.74) is 8.88. The Hall–Kier alpha value is -3.22. The van der Waals surface area contributed by atoms with Crippen LogP contribution < -0.4 is 25.1 Å². The monoisotopic (exact) mass is 324 g/mol. The van der Waals surface area contributed by atoms with Crippen molar-refractivity contribution in [2.24, 2.45) is 10.7 Å². The summed E-state index contributed by atoms with van der Waals surface area (Å²) in [5.74, 6) is 2.58. The number of para-hydroxylation sites is 2. The molecule has 7 nitrogen and oxygen atoms in total. The minimum Gasteiger partial charge on any atom is -0.497 e. The molecule has 1 aromatic heterocycles. The van der Waals surface area contributed by atoms with Crippen molar-refractivity contribution < 1.29 is 14.0 Å². The van der Waals surface area contributed by atoms with Crippen LogP contribution in [0.5, 0.6) is 11.5 Å². The first-order valence-electron chi connectivity index (χ1n) is 7.55. The second-order valence-corrected chi connectivity index (χ2v) is 5.48. The number of benzene rings is 2. The number of hydrogen-bond donors (Lipinski definition) is 3. The van der Waals surface area contributed by atoms with Crippen molar-refractivity contribution in [2.75, 3.05) is 19.5 Å². The number of hydrogen-bond acceptors (Lipinski definition) is 5. The van der Waals surface area contributed by atoms with E-state index in [0.717, 1.165) is 34.0 Å². The number of nitrogens with one attached hydrogen (secondary N) is 2. The molecule has 2 aromatic carbocycles. The van der Waals surface area contributed by atoms with E-state index in [1.165, 1.54) is 0 Å². The number of guanidine groups is 1. The molecule has 0 bridgehead atoms. The van der Waals surface area contributed by atoms with E-state index in [4.69, 9.17) is 15.2 Å². The van der Waals surface area contributed by atoms with Gasteiger partial charge in [0, 0.05) is 0 Å². The third kappa shape index (κ3) is 2.13. The Balaban J connectivity index is 1.97. The van der Waals surface area contributed by atoms with Crippen LogP contribution in [0.2, 0.25) is 0 Å². The van der Waals surface area contributed by atoms with Gasteiger partial charge in [-0.1, -0.05) is 12.1 Å². The molecule has 0 saturated carbocycles. The third-order valence-electron chi connectivity index (χ3n) is 4.13. The first-order valence-corrected chi connectivity index (χ1v) is 7.55. The fourth-order valence-electron chi connectivity index (χ4n) is 3.04. The van der Waals surface area contributed by atoms with Crippen LogP contribution in [0.1, 0.15) is 11.7 Å². The molecule has 0 fully saturated rings. The van der Waals surface area contributed by atoms with Crippen molar-refractivity contribution in [1.82, 2.24) is 4.98 Å². The van der Waals surface area contributed by atoms with Crippen molar-refractivity contribution in [3.63, 3.8) is 0 Å². The highest BCUT2D eigenvalue weighted by Crippen LogP contribution is 2.32. The fourth-order valence-corrected chi connectivity index (χ4v) is 3.04. The van der Waals surface area contributed by atoms with Gasteiger partial charge in [0.1, 0.15) is 22.5 Å². The lowest BCUT2D eigenvalue weighted by atomic mass is 10.1. The van der Waals surface area contributed by atoms with Crippen LogP contribution in [0.15, 0.2) is 47.5 Å². The lowest BCUT2D eigenvalue weighted by molar-refractivity contribution is -0.674. The molecule has 0 saturated heterocycles. The summed E-state index contributed by atoms with van der Waals surface area (Å²) in [5, 5.41) is 3.08. The summed E-state index contributed by atoms with van der Waals surface area (Å²) in [4.78, 5) is 7.92. The molecule has 4 N–H and O–H groups in total. The van der Waals surface area contributed by atoms with E-state index in [1.807, 2.05) is 42.5 Å². The van der Waals surface area contributed by atoms with Gasteiger partial charge in [0.2, 0.25) is 6.17 Å². The summed E-state index contributed by atoms with van der Waals surface area (Å²) in [6.07, 6.45) is -0.359. The average Bonchev–Trinajstić information content (AvgIpc) is 2.98. The van der Waals surface area contributed by atoms with Crippen LogP contribution >= 0.6 is 0 Å². The van der Waals surface area contributed by atoms with Crippen LogP contribution in [-0.4, -0.2) is 25.2 Å². The SMILES string of the molecule is COc1ccc(OC)c([C@@H]2N=C(N)Nc3[nH]c4ccccc4[n+]32)c1. The number of methoxy groups -OCH3 is 2. The molecular weight excluding hydrogens is 306 g/mol. The zero-order chi connectivity index (χ0) is 16.7. The smallest absolute Gasteiger partial charge is 0.365 e. The number of imidazole rings is 1. The number of aromatic nitrogens is 2. The number of ether oxygens (including phenoxy) is 2. The van der Waals surface area contributed by atoms with Gasteiger partial charge < -0.3 is 15.2 Å². The molecule has 1 aliphatic heterocycles. The van der Waals surface area contributed by atoms with Crippen molar-refractivity contribution >= 4 is 22.9 Å². The lowest BCUT2D eigenvalue weighted by Crippen LogP contribution is -2.48. The summed E-state index contributed by atoms with van der Waals surface area (Å²) >= 11 is 0. The van der Waals surface area contributed by atoms with Crippen molar-refractivity contribution in [3.05, 3.63) is 48.0 Å². The van der Waals surface area contributed by atoms with E-state index in [2.05, 4.69) is 19.9 Å². The fraction of sp³-hybridized carbons (Fsp3) is 0.176. The van der Waals surface area contributed by atoms with E-state index < -0.39 is 0 Å². The number of anilines is 1. The Morgan fingerprint density at radius 1 is 1.12 bits per heavy atom. The first-order chi connectivity index (χ1) is 11.7. The Bertz CT molecular complexity index is 947. The molecule has 0 unspecified atom stereocenters. The molecule has 3 aromatic rings. The molecule has 4 rings (SSSR count). The van der Waals surface area contributed by atoms with Gasteiger partial charge in [-0.15, -0.1) is 0 Å². The second kappa shape index (κ2) is 5.45. The summed E-state index contributed by atoms with van der Waals surface area (Å²) in [6.45, 7) is 0. The number of rotatable bonds is 3. The van der Waals surface area contributed by atoms with Gasteiger partial charge in [-0.3, -0.25) is 0 Å². The van der Waals surface area contributed by atoms with Crippen LogP contribution in [0.4, 0.5) is 5.95 Å². The summed E-state index contributed by atoms with van der Waals surface area (Å²) < 4.78 is 12.9. The number of aliphatic imine (C=N–C) groups is 1. The van der Waals surface area contributed by atoms with E-state index in [9.17, 15) is 0 Å². The molecule has 7 heteroatoms. The first kappa shape index (κ1) is 14.4. The van der Waals surface area contributed by atoms with Crippen molar-refractivity contribution in [2.45, 2.75) is 6.17 Å². The predicted molar refractivity (Wildman–Crippen MR) is 91.4 cm³/mol. The second-order valence-electron chi connectivity index (χ2n) is 5.48. The summed E-state index contributed by atoms with van der Waals surface area (Å²) in [6, 6.07) is 13.7. The molecule has 2 heterocycles. The molecule has 0 spiro atoms. The molecule has 0 radical (unpaired) electrons. The zero-order valence-electron chi connectivity index (χ0n) is 13.4. The van der Waals surface area contributed by atoms with E-state index >= 15 is 0 Å². The van der Waals surface area contributed by atoms with Gasteiger partial charge in [0.05, 0.1) is 19.8 Å². The van der Waals surface area contributed by atoms with Gasteiger partial charge >= 0.3 is 5.95 Å². The number of fused-ring (bicyclic) bond motifs is 3. The van der Waals surface area contributed by atoms with E-state index in [0.29, 0.717) is 5.96 Å². The minimum absolute atomic E-state index is 0.344. The predicted octanol–water partition coefficient (Wildman–Crippen LogP) is 1.76.